The average molecular weight is 285 g/mol. The van der Waals surface area contributed by atoms with Gasteiger partial charge in [-0.25, -0.2) is 9.90 Å². The maximum Gasteiger partial charge on any atom is 0.241 e. The molecular formula is C14H27N3O3. The first kappa shape index (κ1) is 15.7. The minimum Gasteiger partial charge on any atom is -0.302 e. The van der Waals surface area contributed by atoms with E-state index >= 15 is 0 Å². The normalized spacial score (nSPS) is 30.9. The van der Waals surface area contributed by atoms with Gasteiger partial charge in [-0.1, -0.05) is 27.7 Å². The maximum atomic E-state index is 12.6. The maximum absolute atomic E-state index is 12.6. The highest BCUT2D eigenvalue weighted by Crippen LogP contribution is 2.33. The molecule has 0 radical (unpaired) electrons. The number of hydrazine groups is 1. The molecular weight excluding hydrogens is 258 g/mol. The summed E-state index contributed by atoms with van der Waals surface area (Å²) in [6, 6.07) is -0.108. The standard InChI is InChI=1S/C14H27N3O3/c1-10-8-15-9-16-7-5-6-11(17(16)13(10)18)12(20-19)14(2,3)4/h10-12,15,19H,5-9H2,1-4H3/t10-,11?,12-/m0/s1. The fraction of sp³-hybridized carbons (Fsp3) is 0.929. The van der Waals surface area contributed by atoms with Gasteiger partial charge in [0.1, 0.15) is 6.10 Å². The van der Waals surface area contributed by atoms with E-state index in [9.17, 15) is 10.1 Å². The van der Waals surface area contributed by atoms with Crippen LogP contribution in [0, 0.1) is 11.3 Å². The van der Waals surface area contributed by atoms with Crippen molar-refractivity contribution in [3.05, 3.63) is 0 Å². The Balaban J connectivity index is 2.29. The number of fused-ring (bicyclic) bond motifs is 1. The average Bonchev–Trinajstić information content (AvgIpc) is 2.50. The van der Waals surface area contributed by atoms with Crippen LogP contribution in [0.1, 0.15) is 40.5 Å². The van der Waals surface area contributed by atoms with Crippen LogP contribution in [0.5, 0.6) is 0 Å². The summed E-state index contributed by atoms with van der Waals surface area (Å²) in [5.41, 5.74) is -0.230. The number of carbonyl (C=O) groups excluding carboxylic acids is 1. The van der Waals surface area contributed by atoms with Gasteiger partial charge in [0.25, 0.3) is 0 Å². The summed E-state index contributed by atoms with van der Waals surface area (Å²) in [6.07, 6.45) is 1.47. The van der Waals surface area contributed by atoms with Gasteiger partial charge in [-0.2, -0.15) is 0 Å². The predicted octanol–water partition coefficient (Wildman–Crippen LogP) is 1.30. The van der Waals surface area contributed by atoms with E-state index in [4.69, 9.17) is 4.89 Å². The summed E-state index contributed by atoms with van der Waals surface area (Å²) in [7, 11) is 0. The molecule has 2 saturated heterocycles. The van der Waals surface area contributed by atoms with E-state index in [2.05, 4.69) is 10.3 Å². The fourth-order valence-corrected chi connectivity index (χ4v) is 3.19. The monoisotopic (exact) mass is 285 g/mol. The van der Waals surface area contributed by atoms with E-state index in [-0.39, 0.29) is 29.4 Å². The van der Waals surface area contributed by atoms with Crippen molar-refractivity contribution in [2.45, 2.75) is 52.7 Å². The molecule has 0 aromatic rings. The molecule has 1 unspecified atom stereocenters. The SMILES string of the molecule is C[C@H]1CNCN2CCCC([C@H](OO)C(C)(C)C)N2C1=O. The van der Waals surface area contributed by atoms with E-state index in [1.165, 1.54) is 0 Å². The van der Waals surface area contributed by atoms with Crippen molar-refractivity contribution >= 4 is 5.91 Å². The van der Waals surface area contributed by atoms with Crippen molar-refractivity contribution in [2.24, 2.45) is 11.3 Å². The third-order valence-electron chi connectivity index (χ3n) is 4.24. The summed E-state index contributed by atoms with van der Waals surface area (Å²) in [6.45, 7) is 10.2. The Morgan fingerprint density at radius 1 is 1.45 bits per heavy atom. The summed E-state index contributed by atoms with van der Waals surface area (Å²) < 4.78 is 0. The minimum atomic E-state index is -0.389. The van der Waals surface area contributed by atoms with Crippen molar-refractivity contribution < 1.29 is 14.9 Å². The topological polar surface area (TPSA) is 65.0 Å². The van der Waals surface area contributed by atoms with Gasteiger partial charge in [0, 0.05) is 19.0 Å². The van der Waals surface area contributed by atoms with Crippen molar-refractivity contribution in [1.82, 2.24) is 15.3 Å². The van der Waals surface area contributed by atoms with Gasteiger partial charge in [-0.15, -0.1) is 0 Å². The number of nitrogens with zero attached hydrogens (tertiary/aromatic N) is 2. The van der Waals surface area contributed by atoms with Crippen molar-refractivity contribution in [3.63, 3.8) is 0 Å². The fourth-order valence-electron chi connectivity index (χ4n) is 3.19. The number of nitrogens with one attached hydrogen (secondary N) is 1. The van der Waals surface area contributed by atoms with Crippen LogP contribution in [-0.4, -0.2) is 53.1 Å². The number of amides is 1. The molecule has 6 nitrogen and oxygen atoms in total. The molecule has 2 aliphatic rings. The summed E-state index contributed by atoms with van der Waals surface area (Å²) >= 11 is 0. The van der Waals surface area contributed by atoms with Crippen molar-refractivity contribution in [1.29, 1.82) is 0 Å². The minimum absolute atomic E-state index is 0.0556. The van der Waals surface area contributed by atoms with Crippen LogP contribution >= 0.6 is 0 Å². The van der Waals surface area contributed by atoms with Gasteiger partial charge in [0.2, 0.25) is 5.91 Å². The Kier molecular flexibility index (Phi) is 4.69. The third kappa shape index (κ3) is 2.98. The molecule has 0 aliphatic carbocycles. The van der Waals surface area contributed by atoms with Gasteiger partial charge in [-0.3, -0.25) is 15.1 Å². The zero-order valence-electron chi connectivity index (χ0n) is 12.9. The Morgan fingerprint density at radius 3 is 2.75 bits per heavy atom. The van der Waals surface area contributed by atoms with Crippen LogP contribution in [0.3, 0.4) is 0 Å². The molecule has 6 heteroatoms. The molecule has 2 aliphatic heterocycles. The lowest BCUT2D eigenvalue weighted by Crippen LogP contribution is -2.62. The molecule has 0 saturated carbocycles. The van der Waals surface area contributed by atoms with E-state index in [0.29, 0.717) is 13.2 Å². The second-order valence-corrected chi connectivity index (χ2v) is 7.03. The quantitative estimate of drug-likeness (QED) is 0.591. The van der Waals surface area contributed by atoms with Gasteiger partial charge >= 0.3 is 0 Å². The van der Waals surface area contributed by atoms with Crippen LogP contribution in [0.2, 0.25) is 0 Å². The van der Waals surface area contributed by atoms with Gasteiger partial charge in [0.05, 0.1) is 12.7 Å². The molecule has 0 spiro atoms. The Morgan fingerprint density at radius 2 is 2.15 bits per heavy atom. The lowest BCUT2D eigenvalue weighted by atomic mass is 9.82. The molecule has 2 N–H and O–H groups in total. The van der Waals surface area contributed by atoms with E-state index < -0.39 is 0 Å². The number of hydrogen-bond acceptors (Lipinski definition) is 5. The van der Waals surface area contributed by atoms with Gasteiger partial charge in [-0.05, 0) is 18.3 Å². The highest BCUT2D eigenvalue weighted by molar-refractivity contribution is 5.79. The summed E-state index contributed by atoms with van der Waals surface area (Å²) in [5, 5.41) is 16.5. The van der Waals surface area contributed by atoms with Gasteiger partial charge in [0.15, 0.2) is 0 Å². The van der Waals surface area contributed by atoms with Crippen molar-refractivity contribution in [2.75, 3.05) is 19.8 Å². The first-order valence-electron chi connectivity index (χ1n) is 7.45. The van der Waals surface area contributed by atoms with E-state index in [1.807, 2.05) is 32.7 Å². The van der Waals surface area contributed by atoms with Crippen molar-refractivity contribution in [3.8, 4) is 0 Å². The molecule has 20 heavy (non-hydrogen) atoms. The largest absolute Gasteiger partial charge is 0.302 e. The molecule has 0 aromatic heterocycles. The molecule has 116 valence electrons. The molecule has 0 bridgehead atoms. The molecule has 3 atom stereocenters. The second kappa shape index (κ2) is 5.97. The summed E-state index contributed by atoms with van der Waals surface area (Å²) in [4.78, 5) is 17.4. The first-order valence-corrected chi connectivity index (χ1v) is 7.45. The smallest absolute Gasteiger partial charge is 0.241 e. The molecule has 1 amide bonds. The zero-order valence-corrected chi connectivity index (χ0v) is 12.9. The molecule has 2 heterocycles. The predicted molar refractivity (Wildman–Crippen MR) is 75.6 cm³/mol. The van der Waals surface area contributed by atoms with Crippen LogP contribution < -0.4 is 5.32 Å². The molecule has 0 aromatic carbocycles. The van der Waals surface area contributed by atoms with Crippen LogP contribution in [-0.2, 0) is 9.68 Å². The van der Waals surface area contributed by atoms with E-state index in [0.717, 1.165) is 19.4 Å². The lowest BCUT2D eigenvalue weighted by molar-refractivity contribution is -0.321. The Labute approximate surface area is 121 Å². The Hall–Kier alpha value is -0.690. The van der Waals surface area contributed by atoms with Gasteiger partial charge < -0.3 is 5.32 Å². The second-order valence-electron chi connectivity index (χ2n) is 7.03. The van der Waals surface area contributed by atoms with Crippen LogP contribution in [0.4, 0.5) is 0 Å². The van der Waals surface area contributed by atoms with Crippen LogP contribution in [0.15, 0.2) is 0 Å². The lowest BCUT2D eigenvalue weighted by Gasteiger charge is -2.48. The first-order chi connectivity index (χ1) is 9.36. The Bertz CT molecular complexity index is 356. The highest BCUT2D eigenvalue weighted by Gasteiger charge is 2.44. The summed E-state index contributed by atoms with van der Waals surface area (Å²) in [5.74, 6) is 0.0610. The number of rotatable bonds is 2. The molecule has 2 rings (SSSR count). The number of carbonyl (C=O) groups is 1. The van der Waals surface area contributed by atoms with Crippen LogP contribution in [0.25, 0.3) is 0 Å². The highest BCUT2D eigenvalue weighted by atomic mass is 17.1. The number of hydrogen-bond donors (Lipinski definition) is 2. The third-order valence-corrected chi connectivity index (χ3v) is 4.24. The molecule has 2 fully saturated rings. The zero-order chi connectivity index (χ0) is 14.9. The van der Waals surface area contributed by atoms with E-state index in [1.54, 1.807) is 0 Å².